The van der Waals surface area contributed by atoms with Gasteiger partial charge >= 0.3 is 0 Å². The Labute approximate surface area is 175 Å². The van der Waals surface area contributed by atoms with Gasteiger partial charge in [-0.25, -0.2) is 4.98 Å². The first-order valence-corrected chi connectivity index (χ1v) is 10.2. The van der Waals surface area contributed by atoms with E-state index in [1.54, 1.807) is 0 Å². The molecule has 138 valence electrons. The summed E-state index contributed by atoms with van der Waals surface area (Å²) in [4.78, 5) is 4.65. The molecule has 4 heteroatoms. The van der Waals surface area contributed by atoms with Crippen molar-refractivity contribution >= 4 is 48.8 Å². The van der Waals surface area contributed by atoms with Crippen LogP contribution in [0, 0.1) is 0 Å². The van der Waals surface area contributed by atoms with E-state index in [9.17, 15) is 0 Å². The van der Waals surface area contributed by atoms with Gasteiger partial charge in [-0.3, -0.25) is 0 Å². The number of aromatic nitrogens is 2. The molecule has 0 aliphatic heterocycles. The summed E-state index contributed by atoms with van der Waals surface area (Å²) in [7, 11) is 0. The summed E-state index contributed by atoms with van der Waals surface area (Å²) in [6.07, 6.45) is 0. The first kappa shape index (κ1) is 16.6. The largest absolute Gasteiger partial charge is 0.436 e. The van der Waals surface area contributed by atoms with Crippen LogP contribution in [0.2, 0.25) is 0 Å². The van der Waals surface area contributed by atoms with Crippen molar-refractivity contribution in [1.82, 2.24) is 9.55 Å². The van der Waals surface area contributed by atoms with E-state index in [1.807, 2.05) is 18.2 Å². The first-order chi connectivity index (χ1) is 14.3. The molecule has 0 saturated carbocycles. The summed E-state index contributed by atoms with van der Waals surface area (Å²) in [6.45, 7) is 0. The normalized spacial score (nSPS) is 11.6. The number of para-hydroxylation sites is 3. The minimum atomic E-state index is 0.626. The summed E-state index contributed by atoms with van der Waals surface area (Å²) in [5, 5.41) is 2.52. The Kier molecular flexibility index (Phi) is 3.61. The van der Waals surface area contributed by atoms with Crippen molar-refractivity contribution in [2.75, 3.05) is 0 Å². The fourth-order valence-electron chi connectivity index (χ4n) is 3.99. The molecule has 0 bridgehead atoms. The minimum Gasteiger partial charge on any atom is -0.436 e. The summed E-state index contributed by atoms with van der Waals surface area (Å²) in [6, 6.07) is 31.3. The van der Waals surface area contributed by atoms with Gasteiger partial charge in [0.1, 0.15) is 5.52 Å². The van der Waals surface area contributed by atoms with Crippen LogP contribution in [-0.4, -0.2) is 9.55 Å². The standard InChI is InChI=1S/C25H15BrN2O/c26-20-8-5-11-23-24(20)27-25(29-23)16-12-14-17(15-13-16)28-21-9-3-1-6-18(21)19-7-2-4-10-22(19)28/h1-15H. The molecule has 3 nitrogen and oxygen atoms in total. The number of nitrogens with zero attached hydrogens (tertiary/aromatic N) is 2. The summed E-state index contributed by atoms with van der Waals surface area (Å²) >= 11 is 3.54. The smallest absolute Gasteiger partial charge is 0.227 e. The van der Waals surface area contributed by atoms with Crippen LogP contribution in [0.25, 0.3) is 50.0 Å². The van der Waals surface area contributed by atoms with Gasteiger partial charge in [-0.15, -0.1) is 0 Å². The molecular weight excluding hydrogens is 424 g/mol. The zero-order valence-electron chi connectivity index (χ0n) is 15.3. The van der Waals surface area contributed by atoms with Gasteiger partial charge in [-0.2, -0.15) is 0 Å². The molecular formula is C25H15BrN2O. The highest BCUT2D eigenvalue weighted by Crippen LogP contribution is 2.33. The van der Waals surface area contributed by atoms with E-state index >= 15 is 0 Å². The number of benzene rings is 4. The molecule has 2 heterocycles. The van der Waals surface area contributed by atoms with Crippen LogP contribution in [-0.2, 0) is 0 Å². The third-order valence-corrected chi connectivity index (χ3v) is 5.96. The molecule has 29 heavy (non-hydrogen) atoms. The molecule has 0 aliphatic carbocycles. The van der Waals surface area contributed by atoms with Gasteiger partial charge in [-0.05, 0) is 64.5 Å². The zero-order valence-corrected chi connectivity index (χ0v) is 16.9. The van der Waals surface area contributed by atoms with Crippen LogP contribution >= 0.6 is 15.9 Å². The molecule has 6 rings (SSSR count). The molecule has 6 aromatic rings. The number of oxazole rings is 1. The van der Waals surface area contributed by atoms with Gasteiger partial charge < -0.3 is 8.98 Å². The van der Waals surface area contributed by atoms with Gasteiger partial charge in [-0.1, -0.05) is 42.5 Å². The molecule has 0 spiro atoms. The molecule has 0 aliphatic rings. The van der Waals surface area contributed by atoms with Crippen molar-refractivity contribution in [3.8, 4) is 17.1 Å². The molecule has 0 N–H and O–H groups in total. The highest BCUT2D eigenvalue weighted by atomic mass is 79.9. The Morgan fingerprint density at radius 3 is 2.00 bits per heavy atom. The average molecular weight is 439 g/mol. The van der Waals surface area contributed by atoms with Crippen molar-refractivity contribution in [3.63, 3.8) is 0 Å². The maximum Gasteiger partial charge on any atom is 0.227 e. The second kappa shape index (κ2) is 6.33. The maximum atomic E-state index is 5.96. The van der Waals surface area contributed by atoms with Gasteiger partial charge in [0.2, 0.25) is 5.89 Å². The third-order valence-electron chi connectivity index (χ3n) is 5.32. The SMILES string of the molecule is Brc1cccc2oc(-c3ccc(-n4c5ccccc5c5ccccc54)cc3)nc12. The monoisotopic (exact) mass is 438 g/mol. The Balaban J connectivity index is 1.51. The lowest BCUT2D eigenvalue weighted by Crippen LogP contribution is -1.93. The van der Waals surface area contributed by atoms with Gasteiger partial charge in [0.25, 0.3) is 0 Å². The molecule has 2 aromatic heterocycles. The summed E-state index contributed by atoms with van der Waals surface area (Å²) < 4.78 is 9.20. The number of halogens is 1. The Bertz CT molecular complexity index is 1460. The minimum absolute atomic E-state index is 0.626. The lowest BCUT2D eigenvalue weighted by Gasteiger charge is -2.08. The second-order valence-electron chi connectivity index (χ2n) is 7.02. The lowest BCUT2D eigenvalue weighted by atomic mass is 10.2. The van der Waals surface area contributed by atoms with E-state index in [2.05, 4.69) is 98.3 Å². The average Bonchev–Trinajstić information content (AvgIpc) is 3.34. The van der Waals surface area contributed by atoms with Crippen LogP contribution in [0.4, 0.5) is 0 Å². The Morgan fingerprint density at radius 2 is 1.34 bits per heavy atom. The molecule has 0 atom stereocenters. The van der Waals surface area contributed by atoms with Crippen LogP contribution in [0.5, 0.6) is 0 Å². The maximum absolute atomic E-state index is 5.96. The predicted octanol–water partition coefficient (Wildman–Crippen LogP) is 7.35. The van der Waals surface area contributed by atoms with Gasteiger partial charge in [0.15, 0.2) is 5.58 Å². The number of hydrogen-bond acceptors (Lipinski definition) is 2. The highest BCUT2D eigenvalue weighted by Gasteiger charge is 2.13. The number of rotatable bonds is 2. The molecule has 0 saturated heterocycles. The Hall–Kier alpha value is -3.37. The van der Waals surface area contributed by atoms with E-state index in [-0.39, 0.29) is 0 Å². The predicted molar refractivity (Wildman–Crippen MR) is 121 cm³/mol. The molecule has 0 unspecified atom stereocenters. The lowest BCUT2D eigenvalue weighted by molar-refractivity contribution is 0.620. The topological polar surface area (TPSA) is 31.0 Å². The Morgan fingerprint density at radius 1 is 0.690 bits per heavy atom. The van der Waals surface area contributed by atoms with E-state index in [4.69, 9.17) is 4.42 Å². The quantitative estimate of drug-likeness (QED) is 0.282. The fourth-order valence-corrected chi connectivity index (χ4v) is 4.43. The third kappa shape index (κ3) is 2.53. The van der Waals surface area contributed by atoms with Crippen molar-refractivity contribution < 1.29 is 4.42 Å². The molecule has 4 aromatic carbocycles. The fraction of sp³-hybridized carbons (Fsp3) is 0. The summed E-state index contributed by atoms with van der Waals surface area (Å²) in [5.74, 6) is 0.626. The van der Waals surface area contributed by atoms with Crippen LogP contribution < -0.4 is 0 Å². The highest BCUT2D eigenvalue weighted by molar-refractivity contribution is 9.10. The van der Waals surface area contributed by atoms with Crippen LogP contribution in [0.3, 0.4) is 0 Å². The summed E-state index contributed by atoms with van der Waals surface area (Å²) in [5.41, 5.74) is 6.09. The van der Waals surface area contributed by atoms with Crippen LogP contribution in [0.15, 0.2) is 99.9 Å². The van der Waals surface area contributed by atoms with Crippen molar-refractivity contribution in [2.45, 2.75) is 0 Å². The van der Waals surface area contributed by atoms with E-state index < -0.39 is 0 Å². The number of hydrogen-bond donors (Lipinski definition) is 0. The van der Waals surface area contributed by atoms with Crippen LogP contribution in [0.1, 0.15) is 0 Å². The first-order valence-electron chi connectivity index (χ1n) is 9.44. The van der Waals surface area contributed by atoms with Gasteiger partial charge in [0, 0.05) is 26.5 Å². The van der Waals surface area contributed by atoms with Crippen molar-refractivity contribution in [3.05, 3.63) is 95.5 Å². The molecule has 0 radical (unpaired) electrons. The van der Waals surface area contributed by atoms with Crippen molar-refractivity contribution in [1.29, 1.82) is 0 Å². The van der Waals surface area contributed by atoms with Gasteiger partial charge in [0.05, 0.1) is 11.0 Å². The molecule has 0 amide bonds. The van der Waals surface area contributed by atoms with Crippen molar-refractivity contribution in [2.24, 2.45) is 0 Å². The van der Waals surface area contributed by atoms with E-state index in [0.29, 0.717) is 5.89 Å². The molecule has 0 fully saturated rings. The second-order valence-corrected chi connectivity index (χ2v) is 7.88. The zero-order chi connectivity index (χ0) is 19.4. The van der Waals surface area contributed by atoms with E-state index in [0.717, 1.165) is 26.8 Å². The van der Waals surface area contributed by atoms with E-state index in [1.165, 1.54) is 21.8 Å². The number of fused-ring (bicyclic) bond motifs is 4.